The van der Waals surface area contributed by atoms with Crippen LogP contribution < -0.4 is 4.74 Å². The fraction of sp³-hybridized carbons (Fsp3) is 0.300. The number of para-hydroxylation sites is 1. The van der Waals surface area contributed by atoms with Gasteiger partial charge in [0, 0.05) is 24.0 Å². The maximum Gasteiger partial charge on any atom is 0.260 e. The second-order valence-electron chi connectivity index (χ2n) is 6.44. The number of thiazole rings is 1. The molecule has 0 unspecified atom stereocenters. The van der Waals surface area contributed by atoms with Crippen LogP contribution in [0.3, 0.4) is 0 Å². The molecule has 1 saturated heterocycles. The summed E-state index contributed by atoms with van der Waals surface area (Å²) in [6, 6.07) is 15.2. The van der Waals surface area contributed by atoms with Crippen molar-refractivity contribution in [2.75, 3.05) is 19.7 Å². The zero-order chi connectivity index (χ0) is 17.9. The van der Waals surface area contributed by atoms with Crippen LogP contribution in [0.25, 0.3) is 10.2 Å². The molecule has 0 spiro atoms. The van der Waals surface area contributed by atoms with Crippen molar-refractivity contribution in [3.05, 3.63) is 58.6 Å². The molecule has 2 heterocycles. The minimum atomic E-state index is 0.0192. The minimum Gasteiger partial charge on any atom is -0.484 e. The van der Waals surface area contributed by atoms with Crippen molar-refractivity contribution in [3.63, 3.8) is 0 Å². The van der Waals surface area contributed by atoms with E-state index in [-0.39, 0.29) is 12.5 Å². The van der Waals surface area contributed by atoms with Crippen molar-refractivity contribution in [3.8, 4) is 5.75 Å². The average molecular weight is 387 g/mol. The number of amides is 1. The van der Waals surface area contributed by atoms with Crippen molar-refractivity contribution in [2.45, 2.75) is 18.8 Å². The third kappa shape index (κ3) is 3.84. The largest absolute Gasteiger partial charge is 0.484 e. The van der Waals surface area contributed by atoms with Crippen LogP contribution in [0, 0.1) is 0 Å². The molecular formula is C20H19ClN2O2S. The summed E-state index contributed by atoms with van der Waals surface area (Å²) < 4.78 is 6.81. The van der Waals surface area contributed by atoms with Gasteiger partial charge in [-0.05, 0) is 49.2 Å². The molecule has 1 aliphatic heterocycles. The summed E-state index contributed by atoms with van der Waals surface area (Å²) >= 11 is 7.60. The van der Waals surface area contributed by atoms with Crippen LogP contribution in [0.5, 0.6) is 5.75 Å². The van der Waals surface area contributed by atoms with Gasteiger partial charge >= 0.3 is 0 Å². The highest BCUT2D eigenvalue weighted by molar-refractivity contribution is 7.18. The molecule has 1 amide bonds. The number of piperidine rings is 1. The van der Waals surface area contributed by atoms with Crippen LogP contribution in [0.15, 0.2) is 48.5 Å². The Labute approximate surface area is 161 Å². The molecule has 1 aromatic heterocycles. The Balaban J connectivity index is 1.39. The summed E-state index contributed by atoms with van der Waals surface area (Å²) in [4.78, 5) is 19.2. The Hall–Kier alpha value is -2.11. The number of ether oxygens (including phenoxy) is 1. The second-order valence-corrected chi connectivity index (χ2v) is 7.94. The van der Waals surface area contributed by atoms with E-state index >= 15 is 0 Å². The average Bonchev–Trinajstić information content (AvgIpc) is 3.12. The number of halogens is 1. The first-order valence-electron chi connectivity index (χ1n) is 8.70. The van der Waals surface area contributed by atoms with E-state index in [1.807, 2.05) is 23.1 Å². The lowest BCUT2D eigenvalue weighted by atomic mass is 9.99. The van der Waals surface area contributed by atoms with Gasteiger partial charge in [0.2, 0.25) is 0 Å². The number of aromatic nitrogens is 1. The molecule has 26 heavy (non-hydrogen) atoms. The molecule has 134 valence electrons. The lowest BCUT2D eigenvalue weighted by molar-refractivity contribution is -0.134. The van der Waals surface area contributed by atoms with Crippen molar-refractivity contribution >= 4 is 39.1 Å². The molecule has 0 saturated carbocycles. The van der Waals surface area contributed by atoms with Crippen LogP contribution in [0.4, 0.5) is 0 Å². The molecule has 1 atom stereocenters. The number of fused-ring (bicyclic) bond motifs is 1. The fourth-order valence-electron chi connectivity index (χ4n) is 3.24. The third-order valence-electron chi connectivity index (χ3n) is 4.61. The smallest absolute Gasteiger partial charge is 0.260 e. The molecule has 0 aliphatic carbocycles. The lowest BCUT2D eigenvalue weighted by Crippen LogP contribution is -2.41. The number of nitrogens with zero attached hydrogens (tertiary/aromatic N) is 2. The molecule has 0 bridgehead atoms. The molecule has 4 rings (SSSR count). The minimum absolute atomic E-state index is 0.0192. The van der Waals surface area contributed by atoms with E-state index in [9.17, 15) is 4.79 Å². The SMILES string of the molecule is O=C(COc1ccc(Cl)cc1)N1CCC[C@@H](c2nc3ccccc3s2)C1. The third-order valence-corrected chi connectivity index (χ3v) is 6.06. The Morgan fingerprint density at radius 1 is 1.23 bits per heavy atom. The molecule has 4 nitrogen and oxygen atoms in total. The van der Waals surface area contributed by atoms with E-state index in [4.69, 9.17) is 21.3 Å². The Kier molecular flexibility index (Phi) is 5.09. The van der Waals surface area contributed by atoms with Crippen LogP contribution >= 0.6 is 22.9 Å². The van der Waals surface area contributed by atoms with Gasteiger partial charge in [-0.15, -0.1) is 11.3 Å². The number of hydrogen-bond acceptors (Lipinski definition) is 4. The Morgan fingerprint density at radius 3 is 2.85 bits per heavy atom. The summed E-state index contributed by atoms with van der Waals surface area (Å²) in [5.41, 5.74) is 1.04. The second kappa shape index (κ2) is 7.64. The van der Waals surface area contributed by atoms with E-state index in [1.165, 1.54) is 4.70 Å². The summed E-state index contributed by atoms with van der Waals surface area (Å²) in [5.74, 6) is 0.980. The number of likely N-dealkylation sites (tertiary alicyclic amines) is 1. The number of rotatable bonds is 4. The van der Waals surface area contributed by atoms with Crippen LogP contribution in [0.2, 0.25) is 5.02 Å². The van der Waals surface area contributed by atoms with Crippen molar-refractivity contribution in [1.82, 2.24) is 9.88 Å². The van der Waals surface area contributed by atoms with Gasteiger partial charge in [0.1, 0.15) is 5.75 Å². The molecule has 0 radical (unpaired) electrons. The molecule has 1 aliphatic rings. The summed E-state index contributed by atoms with van der Waals surface area (Å²) in [5, 5.41) is 1.78. The highest BCUT2D eigenvalue weighted by atomic mass is 35.5. The van der Waals surface area contributed by atoms with Gasteiger partial charge in [0.15, 0.2) is 6.61 Å². The highest BCUT2D eigenvalue weighted by Crippen LogP contribution is 2.33. The predicted octanol–water partition coefficient (Wildman–Crippen LogP) is 4.73. The van der Waals surface area contributed by atoms with Gasteiger partial charge < -0.3 is 9.64 Å². The monoisotopic (exact) mass is 386 g/mol. The summed E-state index contributed by atoms with van der Waals surface area (Å²) in [6.45, 7) is 1.54. The first kappa shape index (κ1) is 17.3. The van der Waals surface area contributed by atoms with Crippen LogP contribution in [-0.2, 0) is 4.79 Å². The van der Waals surface area contributed by atoms with Gasteiger partial charge in [-0.2, -0.15) is 0 Å². The van der Waals surface area contributed by atoms with Crippen molar-refractivity contribution < 1.29 is 9.53 Å². The first-order valence-corrected chi connectivity index (χ1v) is 9.90. The van der Waals surface area contributed by atoms with Crippen LogP contribution in [0.1, 0.15) is 23.8 Å². The summed E-state index contributed by atoms with van der Waals surface area (Å²) in [7, 11) is 0. The molecule has 3 aromatic rings. The van der Waals surface area contributed by atoms with Gasteiger partial charge in [-0.25, -0.2) is 4.98 Å². The number of benzene rings is 2. The molecule has 1 fully saturated rings. The van der Waals surface area contributed by atoms with Gasteiger partial charge in [-0.1, -0.05) is 23.7 Å². The van der Waals surface area contributed by atoms with Crippen molar-refractivity contribution in [2.24, 2.45) is 0 Å². The quantitative estimate of drug-likeness (QED) is 0.650. The van der Waals surface area contributed by atoms with E-state index in [1.54, 1.807) is 35.6 Å². The normalized spacial score (nSPS) is 17.4. The molecule has 2 aromatic carbocycles. The van der Waals surface area contributed by atoms with Crippen molar-refractivity contribution in [1.29, 1.82) is 0 Å². The van der Waals surface area contributed by atoms with E-state index in [0.717, 1.165) is 29.9 Å². The molecule has 6 heteroatoms. The molecular weight excluding hydrogens is 368 g/mol. The lowest BCUT2D eigenvalue weighted by Gasteiger charge is -2.31. The molecule has 0 N–H and O–H groups in total. The highest BCUT2D eigenvalue weighted by Gasteiger charge is 2.27. The maximum absolute atomic E-state index is 12.5. The number of carbonyl (C=O) groups excluding carboxylic acids is 1. The zero-order valence-electron chi connectivity index (χ0n) is 14.2. The Bertz CT molecular complexity index is 877. The van der Waals surface area contributed by atoms with E-state index in [2.05, 4.69) is 6.07 Å². The first-order chi connectivity index (χ1) is 12.7. The van der Waals surface area contributed by atoms with E-state index in [0.29, 0.717) is 23.2 Å². The Morgan fingerprint density at radius 2 is 2.04 bits per heavy atom. The number of carbonyl (C=O) groups is 1. The fourth-order valence-corrected chi connectivity index (χ4v) is 4.46. The predicted molar refractivity (Wildman–Crippen MR) is 105 cm³/mol. The van der Waals surface area contributed by atoms with E-state index < -0.39 is 0 Å². The maximum atomic E-state index is 12.5. The van der Waals surface area contributed by atoms with Crippen LogP contribution in [-0.4, -0.2) is 35.5 Å². The van der Waals surface area contributed by atoms with Gasteiger partial charge in [0.05, 0.1) is 15.2 Å². The zero-order valence-corrected chi connectivity index (χ0v) is 15.8. The van der Waals surface area contributed by atoms with Gasteiger partial charge in [-0.3, -0.25) is 4.79 Å². The number of hydrogen-bond donors (Lipinski definition) is 0. The topological polar surface area (TPSA) is 42.4 Å². The van der Waals surface area contributed by atoms with Gasteiger partial charge in [0.25, 0.3) is 5.91 Å². The standard InChI is InChI=1S/C20H19ClN2O2S/c21-15-7-9-16(10-8-15)25-13-19(24)23-11-3-4-14(12-23)20-22-17-5-1-2-6-18(17)26-20/h1-2,5-10,14H,3-4,11-13H2/t14-/m1/s1. The summed E-state index contributed by atoms with van der Waals surface area (Å²) in [6.07, 6.45) is 2.06.